The lowest BCUT2D eigenvalue weighted by molar-refractivity contribution is 0.333. The van der Waals surface area contributed by atoms with Gasteiger partial charge in [0.05, 0.1) is 11.4 Å². The molecule has 3 aliphatic carbocycles. The van der Waals surface area contributed by atoms with Gasteiger partial charge in [0.15, 0.2) is 0 Å². The molecule has 7 aromatic carbocycles. The van der Waals surface area contributed by atoms with Crippen LogP contribution in [-0.2, 0) is 21.7 Å². The van der Waals surface area contributed by atoms with E-state index in [0.717, 1.165) is 6.42 Å². The van der Waals surface area contributed by atoms with E-state index in [9.17, 15) is 0 Å². The van der Waals surface area contributed by atoms with E-state index in [2.05, 4.69) is 212 Å². The van der Waals surface area contributed by atoms with Gasteiger partial charge in [-0.25, -0.2) is 0 Å². The lowest BCUT2D eigenvalue weighted by atomic mass is 9.61. The van der Waals surface area contributed by atoms with Gasteiger partial charge in [-0.3, -0.25) is 0 Å². The Morgan fingerprint density at radius 2 is 0.877 bits per heavy atom. The van der Waals surface area contributed by atoms with Gasteiger partial charge in [0.25, 0.3) is 0 Å². The summed E-state index contributed by atoms with van der Waals surface area (Å²) in [5.74, 6) is 0. The lowest BCUT2D eigenvalue weighted by Gasteiger charge is -2.43. The molecule has 0 amide bonds. The number of para-hydroxylation sites is 1. The molecule has 57 heavy (non-hydrogen) atoms. The summed E-state index contributed by atoms with van der Waals surface area (Å²) in [5.41, 5.74) is 22.3. The Hall–Kier alpha value is -5.66. The fourth-order valence-corrected chi connectivity index (χ4v) is 10.9. The highest BCUT2D eigenvalue weighted by Crippen LogP contribution is 2.58. The molecule has 1 nitrogen and oxygen atoms in total. The van der Waals surface area contributed by atoms with E-state index in [0.29, 0.717) is 0 Å². The van der Waals surface area contributed by atoms with Gasteiger partial charge in [-0.1, -0.05) is 177 Å². The molecular formula is C56H53N. The summed E-state index contributed by atoms with van der Waals surface area (Å²) in [6, 6.07) is 57.6. The van der Waals surface area contributed by atoms with Gasteiger partial charge in [0, 0.05) is 27.6 Å². The van der Waals surface area contributed by atoms with E-state index in [1.165, 1.54) is 101 Å². The van der Waals surface area contributed by atoms with Crippen LogP contribution in [0, 0.1) is 0 Å². The van der Waals surface area contributed by atoms with Gasteiger partial charge in [-0.2, -0.15) is 0 Å². The Morgan fingerprint density at radius 3 is 1.58 bits per heavy atom. The molecule has 282 valence electrons. The van der Waals surface area contributed by atoms with E-state index in [-0.39, 0.29) is 21.7 Å². The van der Waals surface area contributed by atoms with Crippen LogP contribution < -0.4 is 4.90 Å². The number of hydrogen-bond donors (Lipinski definition) is 0. The van der Waals surface area contributed by atoms with Crippen molar-refractivity contribution in [1.29, 1.82) is 0 Å². The van der Waals surface area contributed by atoms with Crippen LogP contribution in [0.5, 0.6) is 0 Å². The fourth-order valence-electron chi connectivity index (χ4n) is 10.9. The standard InChI is InChI=1S/C56H53N/c1-53(2)31-32-54(3,4)52-42(24-18-27-47(52)53)44-34-43-40-23-13-16-26-46(40)56(7,8)49(43)35-51(44)57(50-28-17-14-21-38(50)36-19-10-9-11-20-36)37-29-30-41-39-22-12-15-25-45(39)55(5,6)48(41)33-37/h9-30,33-35H,31-32H2,1-8H3. The molecule has 0 saturated heterocycles. The van der Waals surface area contributed by atoms with Crippen LogP contribution in [0.4, 0.5) is 17.1 Å². The van der Waals surface area contributed by atoms with Gasteiger partial charge in [-0.05, 0) is 121 Å². The highest BCUT2D eigenvalue weighted by Gasteiger charge is 2.42. The molecule has 7 aromatic rings. The van der Waals surface area contributed by atoms with Crippen LogP contribution in [0.1, 0.15) is 102 Å². The van der Waals surface area contributed by atoms with Gasteiger partial charge in [-0.15, -0.1) is 0 Å². The fraction of sp³-hybridized carbons (Fsp3) is 0.250. The SMILES string of the molecule is CC1(C)CCC(C)(C)c2c(-c3cc4c(cc3N(c3ccc5c(c3)C(C)(C)c3ccccc3-5)c3ccccc3-c3ccccc3)C(C)(C)c3ccccc3-4)cccc21. The summed E-state index contributed by atoms with van der Waals surface area (Å²) < 4.78 is 0. The monoisotopic (exact) mass is 739 g/mol. The minimum Gasteiger partial charge on any atom is -0.309 e. The van der Waals surface area contributed by atoms with Crippen LogP contribution >= 0.6 is 0 Å². The zero-order valence-corrected chi connectivity index (χ0v) is 34.8. The topological polar surface area (TPSA) is 3.24 Å². The largest absolute Gasteiger partial charge is 0.309 e. The summed E-state index contributed by atoms with van der Waals surface area (Å²) in [5, 5.41) is 0. The first-order chi connectivity index (χ1) is 27.3. The Labute approximate surface area is 340 Å². The van der Waals surface area contributed by atoms with Crippen molar-refractivity contribution in [3.8, 4) is 44.5 Å². The number of rotatable bonds is 5. The van der Waals surface area contributed by atoms with E-state index >= 15 is 0 Å². The van der Waals surface area contributed by atoms with Crippen LogP contribution in [-0.4, -0.2) is 0 Å². The highest BCUT2D eigenvalue weighted by atomic mass is 15.1. The van der Waals surface area contributed by atoms with Gasteiger partial charge >= 0.3 is 0 Å². The van der Waals surface area contributed by atoms with Crippen molar-refractivity contribution in [2.45, 2.75) is 89.9 Å². The molecule has 0 aliphatic heterocycles. The van der Waals surface area contributed by atoms with Crippen molar-refractivity contribution in [3.63, 3.8) is 0 Å². The summed E-state index contributed by atoms with van der Waals surface area (Å²) in [7, 11) is 0. The van der Waals surface area contributed by atoms with Crippen LogP contribution in [0.3, 0.4) is 0 Å². The predicted octanol–water partition coefficient (Wildman–Crippen LogP) is 15.5. The van der Waals surface area contributed by atoms with Crippen LogP contribution in [0.25, 0.3) is 44.5 Å². The molecule has 0 atom stereocenters. The maximum Gasteiger partial charge on any atom is 0.0543 e. The van der Waals surface area contributed by atoms with Crippen molar-refractivity contribution in [3.05, 3.63) is 185 Å². The minimum atomic E-state index is -0.164. The molecule has 0 aromatic heterocycles. The van der Waals surface area contributed by atoms with Crippen LogP contribution in [0.2, 0.25) is 0 Å². The highest BCUT2D eigenvalue weighted by molar-refractivity contribution is 5.99. The Kier molecular flexibility index (Phi) is 7.79. The Bertz CT molecular complexity index is 2740. The third kappa shape index (κ3) is 5.27. The number of hydrogen-bond acceptors (Lipinski definition) is 1. The molecule has 0 fully saturated rings. The first-order valence-electron chi connectivity index (χ1n) is 20.9. The number of nitrogens with zero attached hydrogens (tertiary/aromatic N) is 1. The summed E-state index contributed by atoms with van der Waals surface area (Å²) in [6.45, 7) is 19.4. The molecule has 1 heteroatoms. The van der Waals surface area contributed by atoms with Crippen LogP contribution in [0.15, 0.2) is 152 Å². The first kappa shape index (κ1) is 35.7. The molecule has 0 saturated carbocycles. The normalized spacial score (nSPS) is 17.2. The van der Waals surface area contributed by atoms with Gasteiger partial charge < -0.3 is 4.90 Å². The molecule has 3 aliphatic rings. The Balaban J connectivity index is 1.33. The van der Waals surface area contributed by atoms with E-state index in [4.69, 9.17) is 0 Å². The maximum absolute atomic E-state index is 2.61. The second-order valence-corrected chi connectivity index (χ2v) is 19.2. The summed E-state index contributed by atoms with van der Waals surface area (Å²) in [6.07, 6.45) is 2.33. The summed E-state index contributed by atoms with van der Waals surface area (Å²) in [4.78, 5) is 2.61. The number of fused-ring (bicyclic) bond motifs is 7. The second kappa shape index (κ2) is 12.4. The first-order valence-corrected chi connectivity index (χ1v) is 20.9. The van der Waals surface area contributed by atoms with Crippen molar-refractivity contribution in [2.75, 3.05) is 4.90 Å². The molecular weight excluding hydrogens is 687 g/mol. The van der Waals surface area contributed by atoms with Crippen molar-refractivity contribution < 1.29 is 0 Å². The third-order valence-electron chi connectivity index (χ3n) is 14.1. The molecule has 0 spiro atoms. The van der Waals surface area contributed by atoms with E-state index in [1.807, 2.05) is 0 Å². The minimum absolute atomic E-state index is 0.0189. The van der Waals surface area contributed by atoms with E-state index < -0.39 is 0 Å². The average molecular weight is 740 g/mol. The second-order valence-electron chi connectivity index (χ2n) is 19.2. The smallest absolute Gasteiger partial charge is 0.0543 e. The molecule has 0 heterocycles. The van der Waals surface area contributed by atoms with Gasteiger partial charge in [0.1, 0.15) is 0 Å². The molecule has 10 rings (SSSR count). The zero-order chi connectivity index (χ0) is 39.5. The average Bonchev–Trinajstić information content (AvgIpc) is 3.59. The zero-order valence-electron chi connectivity index (χ0n) is 34.8. The number of anilines is 3. The van der Waals surface area contributed by atoms with E-state index in [1.54, 1.807) is 0 Å². The van der Waals surface area contributed by atoms with Crippen molar-refractivity contribution in [2.24, 2.45) is 0 Å². The van der Waals surface area contributed by atoms with Crippen molar-refractivity contribution >= 4 is 17.1 Å². The maximum atomic E-state index is 2.61. The predicted molar refractivity (Wildman–Crippen MR) is 242 cm³/mol. The Morgan fingerprint density at radius 1 is 0.351 bits per heavy atom. The van der Waals surface area contributed by atoms with Crippen molar-refractivity contribution in [1.82, 2.24) is 0 Å². The molecule has 0 unspecified atom stereocenters. The third-order valence-corrected chi connectivity index (χ3v) is 14.1. The molecule has 0 bridgehead atoms. The quantitative estimate of drug-likeness (QED) is 0.170. The summed E-state index contributed by atoms with van der Waals surface area (Å²) >= 11 is 0. The van der Waals surface area contributed by atoms with Gasteiger partial charge in [0.2, 0.25) is 0 Å². The lowest BCUT2D eigenvalue weighted by Crippen LogP contribution is -2.34. The number of benzene rings is 7. The molecule has 0 N–H and O–H groups in total. The molecule has 0 radical (unpaired) electrons.